The van der Waals surface area contributed by atoms with Crippen LogP contribution in [-0.2, 0) is 16.0 Å². The van der Waals surface area contributed by atoms with Gasteiger partial charge in [-0.15, -0.1) is 0 Å². The number of aryl methyl sites for hydroxylation is 1. The van der Waals surface area contributed by atoms with Crippen LogP contribution >= 0.6 is 23.4 Å². The van der Waals surface area contributed by atoms with E-state index in [0.29, 0.717) is 17.1 Å². The van der Waals surface area contributed by atoms with Crippen molar-refractivity contribution in [2.45, 2.75) is 18.6 Å². The van der Waals surface area contributed by atoms with Gasteiger partial charge < -0.3 is 5.73 Å². The molecular formula is C20H16ClN3O2S. The summed E-state index contributed by atoms with van der Waals surface area (Å²) in [7, 11) is 0. The third kappa shape index (κ3) is 4.00. The van der Waals surface area contributed by atoms with E-state index in [1.54, 1.807) is 24.3 Å². The average molecular weight is 398 g/mol. The number of carbonyl (C=O) groups is 2. The summed E-state index contributed by atoms with van der Waals surface area (Å²) >= 11 is 7.21. The van der Waals surface area contributed by atoms with E-state index >= 15 is 0 Å². The highest BCUT2D eigenvalue weighted by Crippen LogP contribution is 2.41. The second kappa shape index (κ2) is 7.87. The number of anilines is 1. The highest BCUT2D eigenvalue weighted by molar-refractivity contribution is 8.05. The first-order valence-corrected chi connectivity index (χ1v) is 9.42. The van der Waals surface area contributed by atoms with E-state index in [0.717, 1.165) is 11.1 Å². The molecule has 0 aromatic heterocycles. The lowest BCUT2D eigenvalue weighted by Crippen LogP contribution is -2.31. The molecule has 2 aromatic carbocycles. The molecule has 0 bridgehead atoms. The zero-order valence-corrected chi connectivity index (χ0v) is 16.1. The molecule has 1 aliphatic heterocycles. The fourth-order valence-electron chi connectivity index (χ4n) is 2.81. The smallest absolute Gasteiger partial charge is 0.262 e. The van der Waals surface area contributed by atoms with Crippen LogP contribution in [0, 0.1) is 18.3 Å². The number of primary amides is 1. The van der Waals surface area contributed by atoms with Gasteiger partial charge in [0, 0.05) is 10.7 Å². The molecule has 0 radical (unpaired) electrons. The molecule has 136 valence electrons. The largest absolute Gasteiger partial charge is 0.365 e. The Hall–Kier alpha value is -2.75. The van der Waals surface area contributed by atoms with Gasteiger partial charge in [0.2, 0.25) is 5.91 Å². The standard InChI is InChI=1S/C20H16ClN3O2S/c1-12-5-7-15(8-6-12)24-19(26)17(10-13-3-2-4-14(21)9-13)27-20(24)16(11-22)18(23)25/h2-9,17H,10H2,1H3,(H2,23,25)/b20-16+/t17-/m1/s1. The number of halogens is 1. The molecule has 1 fully saturated rings. The molecule has 0 spiro atoms. The van der Waals surface area contributed by atoms with Crippen molar-refractivity contribution in [2.75, 3.05) is 4.90 Å². The maximum atomic E-state index is 13.1. The number of carbonyl (C=O) groups excluding carboxylic acids is 2. The molecule has 1 atom stereocenters. The van der Waals surface area contributed by atoms with Crippen LogP contribution in [0.1, 0.15) is 11.1 Å². The van der Waals surface area contributed by atoms with Gasteiger partial charge in [-0.05, 0) is 43.2 Å². The molecule has 1 aliphatic rings. The molecule has 0 saturated carbocycles. The fourth-order valence-corrected chi connectivity index (χ4v) is 4.34. The normalized spacial score (nSPS) is 18.3. The second-order valence-corrected chi connectivity index (χ2v) is 7.73. The summed E-state index contributed by atoms with van der Waals surface area (Å²) in [5, 5.41) is 9.76. The quantitative estimate of drug-likeness (QED) is 0.631. The minimum Gasteiger partial charge on any atom is -0.365 e. The molecule has 3 rings (SSSR count). The van der Waals surface area contributed by atoms with Gasteiger partial charge in [0.15, 0.2) is 0 Å². The van der Waals surface area contributed by atoms with Crippen molar-refractivity contribution in [1.29, 1.82) is 5.26 Å². The minimum absolute atomic E-state index is 0.201. The van der Waals surface area contributed by atoms with Crippen molar-refractivity contribution in [1.82, 2.24) is 0 Å². The van der Waals surface area contributed by atoms with Crippen molar-refractivity contribution >= 4 is 40.9 Å². The van der Waals surface area contributed by atoms with E-state index in [2.05, 4.69) is 0 Å². The summed E-state index contributed by atoms with van der Waals surface area (Å²) in [6.45, 7) is 1.94. The van der Waals surface area contributed by atoms with Crippen LogP contribution in [0.15, 0.2) is 59.1 Å². The third-order valence-corrected chi connectivity index (χ3v) is 5.63. The Bertz CT molecular complexity index is 979. The first kappa shape index (κ1) is 19.0. The highest BCUT2D eigenvalue weighted by atomic mass is 35.5. The number of hydrogen-bond acceptors (Lipinski definition) is 4. The number of rotatable bonds is 4. The Morgan fingerprint density at radius 3 is 2.59 bits per heavy atom. The number of nitrogens with two attached hydrogens (primary N) is 1. The van der Waals surface area contributed by atoms with Crippen LogP contribution in [0.4, 0.5) is 5.69 Å². The monoisotopic (exact) mass is 397 g/mol. The predicted octanol–water partition coefficient (Wildman–Crippen LogP) is 3.56. The Kier molecular flexibility index (Phi) is 5.54. The highest BCUT2D eigenvalue weighted by Gasteiger charge is 2.40. The number of hydrogen-bond donors (Lipinski definition) is 1. The van der Waals surface area contributed by atoms with Gasteiger partial charge in [-0.1, -0.05) is 53.2 Å². The first-order chi connectivity index (χ1) is 12.9. The molecule has 5 nitrogen and oxygen atoms in total. The molecule has 1 saturated heterocycles. The summed E-state index contributed by atoms with van der Waals surface area (Å²) in [5.74, 6) is -1.05. The molecule has 2 N–H and O–H groups in total. The molecule has 7 heteroatoms. The SMILES string of the molecule is Cc1ccc(N2C(=O)[C@@H](Cc3cccc(Cl)c3)S/C2=C(\C#N)C(N)=O)cc1. The number of nitrogens with zero attached hydrogens (tertiary/aromatic N) is 2. The average Bonchev–Trinajstić information content (AvgIpc) is 2.92. The summed E-state index contributed by atoms with van der Waals surface area (Å²) < 4.78 is 0. The number of benzene rings is 2. The van der Waals surface area contributed by atoms with Crippen LogP contribution < -0.4 is 10.6 Å². The van der Waals surface area contributed by atoms with Crippen LogP contribution in [0.25, 0.3) is 0 Å². The van der Waals surface area contributed by atoms with Gasteiger partial charge in [0.05, 0.1) is 5.25 Å². The third-order valence-electron chi connectivity index (χ3n) is 4.13. The van der Waals surface area contributed by atoms with Gasteiger partial charge >= 0.3 is 0 Å². The Morgan fingerprint density at radius 2 is 2.00 bits per heavy atom. The molecule has 0 unspecified atom stereocenters. The van der Waals surface area contributed by atoms with Crippen LogP contribution in [0.2, 0.25) is 5.02 Å². The Balaban J connectivity index is 2.03. The maximum Gasteiger partial charge on any atom is 0.262 e. The second-order valence-electron chi connectivity index (χ2n) is 6.11. The van der Waals surface area contributed by atoms with E-state index < -0.39 is 11.2 Å². The lowest BCUT2D eigenvalue weighted by molar-refractivity contribution is -0.117. The van der Waals surface area contributed by atoms with Crippen LogP contribution in [0.5, 0.6) is 0 Å². The predicted molar refractivity (Wildman–Crippen MR) is 107 cm³/mol. The lowest BCUT2D eigenvalue weighted by Gasteiger charge is -2.18. The van der Waals surface area contributed by atoms with E-state index in [1.807, 2.05) is 37.3 Å². The van der Waals surface area contributed by atoms with Crippen molar-refractivity contribution in [3.8, 4) is 6.07 Å². The topological polar surface area (TPSA) is 87.2 Å². The molecule has 2 aromatic rings. The van der Waals surface area contributed by atoms with E-state index in [-0.39, 0.29) is 16.5 Å². The molecule has 1 heterocycles. The van der Waals surface area contributed by atoms with Gasteiger partial charge in [-0.2, -0.15) is 5.26 Å². The van der Waals surface area contributed by atoms with Gasteiger partial charge in [0.1, 0.15) is 16.7 Å². The maximum absolute atomic E-state index is 13.1. The fraction of sp³-hybridized carbons (Fsp3) is 0.150. The molecule has 2 amide bonds. The Labute approximate surface area is 166 Å². The first-order valence-electron chi connectivity index (χ1n) is 8.16. The van der Waals surface area contributed by atoms with Crippen LogP contribution in [-0.4, -0.2) is 17.1 Å². The summed E-state index contributed by atoms with van der Waals surface area (Å²) in [6.07, 6.45) is 0.424. The zero-order valence-electron chi connectivity index (χ0n) is 14.5. The van der Waals surface area contributed by atoms with E-state index in [4.69, 9.17) is 17.3 Å². The number of thioether (sulfide) groups is 1. The summed E-state index contributed by atoms with van der Waals surface area (Å²) in [4.78, 5) is 26.3. The minimum atomic E-state index is -0.853. The van der Waals surface area contributed by atoms with E-state index in [9.17, 15) is 14.9 Å². The van der Waals surface area contributed by atoms with Crippen molar-refractivity contribution in [3.63, 3.8) is 0 Å². The van der Waals surface area contributed by atoms with Gasteiger partial charge in [-0.3, -0.25) is 14.5 Å². The Morgan fingerprint density at radius 1 is 1.30 bits per heavy atom. The van der Waals surface area contributed by atoms with E-state index in [1.165, 1.54) is 16.7 Å². The molecule has 0 aliphatic carbocycles. The van der Waals surface area contributed by atoms with Gasteiger partial charge in [-0.25, -0.2) is 0 Å². The molecule has 27 heavy (non-hydrogen) atoms. The molecular weight excluding hydrogens is 382 g/mol. The number of nitriles is 1. The van der Waals surface area contributed by atoms with Gasteiger partial charge in [0.25, 0.3) is 5.91 Å². The van der Waals surface area contributed by atoms with Crippen molar-refractivity contribution in [2.24, 2.45) is 5.73 Å². The van der Waals surface area contributed by atoms with Crippen molar-refractivity contribution < 1.29 is 9.59 Å². The lowest BCUT2D eigenvalue weighted by atomic mass is 10.1. The number of amides is 2. The zero-order chi connectivity index (χ0) is 19.6. The summed E-state index contributed by atoms with van der Waals surface area (Å²) in [6, 6.07) is 16.4. The van der Waals surface area contributed by atoms with Crippen molar-refractivity contribution in [3.05, 3.63) is 75.3 Å². The summed E-state index contributed by atoms with van der Waals surface area (Å²) in [5.41, 5.74) is 7.68. The van der Waals surface area contributed by atoms with Crippen LogP contribution in [0.3, 0.4) is 0 Å².